The fourth-order valence-electron chi connectivity index (χ4n) is 3.46. The van der Waals surface area contributed by atoms with Crippen LogP contribution >= 0.6 is 0 Å². The highest BCUT2D eigenvalue weighted by atomic mass is 19.1. The van der Waals surface area contributed by atoms with Crippen LogP contribution in [0.4, 0.5) is 14.5 Å². The zero-order chi connectivity index (χ0) is 19.7. The van der Waals surface area contributed by atoms with Crippen molar-refractivity contribution in [2.75, 3.05) is 5.01 Å². The van der Waals surface area contributed by atoms with E-state index < -0.39 is 29.6 Å². The Balaban J connectivity index is 1.89. The molecule has 0 aliphatic carbocycles. The number of carbonyl (C=O) groups is 1. The second-order valence-corrected chi connectivity index (χ2v) is 6.49. The number of carboxylic acid groups (broad SMARTS) is 1. The summed E-state index contributed by atoms with van der Waals surface area (Å²) in [7, 11) is 0. The van der Waals surface area contributed by atoms with Gasteiger partial charge in [0.25, 0.3) is 0 Å². The van der Waals surface area contributed by atoms with E-state index in [1.807, 2.05) is 30.3 Å². The number of hydrogen-bond acceptors (Lipinski definition) is 3. The first-order chi connectivity index (χ1) is 13.5. The second-order valence-electron chi connectivity index (χ2n) is 6.49. The van der Waals surface area contributed by atoms with E-state index >= 15 is 0 Å². The molecule has 2 atom stereocenters. The van der Waals surface area contributed by atoms with Gasteiger partial charge < -0.3 is 5.11 Å². The van der Waals surface area contributed by atoms with Gasteiger partial charge in [0, 0.05) is 0 Å². The first kappa shape index (κ1) is 17.9. The molecule has 1 aliphatic heterocycles. The molecule has 3 aromatic rings. The van der Waals surface area contributed by atoms with Crippen LogP contribution in [0.1, 0.15) is 17.2 Å². The van der Waals surface area contributed by atoms with Gasteiger partial charge in [0.2, 0.25) is 0 Å². The van der Waals surface area contributed by atoms with E-state index in [4.69, 9.17) is 0 Å². The van der Waals surface area contributed by atoms with Gasteiger partial charge in [0.15, 0.2) is 0 Å². The summed E-state index contributed by atoms with van der Waals surface area (Å²) >= 11 is 0. The molecule has 0 saturated heterocycles. The summed E-state index contributed by atoms with van der Waals surface area (Å²) in [6, 6.07) is 19.7. The molecular formula is C22H16F2N2O2. The lowest BCUT2D eigenvalue weighted by Gasteiger charge is -2.26. The zero-order valence-corrected chi connectivity index (χ0v) is 14.7. The van der Waals surface area contributed by atoms with Crippen LogP contribution in [-0.2, 0) is 4.79 Å². The second kappa shape index (κ2) is 7.23. The Morgan fingerprint density at radius 1 is 0.893 bits per heavy atom. The quantitative estimate of drug-likeness (QED) is 0.720. The molecule has 0 spiro atoms. The lowest BCUT2D eigenvalue weighted by atomic mass is 9.87. The summed E-state index contributed by atoms with van der Waals surface area (Å²) in [6.07, 6.45) is 0. The normalized spacial score (nSPS) is 18.8. The number of rotatable bonds is 4. The molecule has 140 valence electrons. The molecule has 1 aliphatic rings. The monoisotopic (exact) mass is 378 g/mol. The van der Waals surface area contributed by atoms with Crippen molar-refractivity contribution in [2.45, 2.75) is 6.04 Å². The Morgan fingerprint density at radius 2 is 1.61 bits per heavy atom. The number of anilines is 1. The fourth-order valence-corrected chi connectivity index (χ4v) is 3.46. The first-order valence-electron chi connectivity index (χ1n) is 8.71. The molecule has 6 heteroatoms. The lowest BCUT2D eigenvalue weighted by molar-refractivity contribution is -0.139. The van der Waals surface area contributed by atoms with Gasteiger partial charge in [-0.2, -0.15) is 5.10 Å². The molecule has 0 radical (unpaired) electrons. The van der Waals surface area contributed by atoms with Crippen LogP contribution in [0.5, 0.6) is 0 Å². The average molecular weight is 378 g/mol. The molecule has 1 N–H and O–H groups in total. The third-order valence-corrected chi connectivity index (χ3v) is 4.71. The number of hydrazone groups is 1. The van der Waals surface area contributed by atoms with Gasteiger partial charge >= 0.3 is 5.97 Å². The third kappa shape index (κ3) is 3.24. The number of aliphatic carboxylic acids is 1. The van der Waals surface area contributed by atoms with Gasteiger partial charge in [0.1, 0.15) is 17.6 Å². The molecule has 0 aromatic heterocycles. The highest BCUT2D eigenvalue weighted by Gasteiger charge is 2.44. The molecule has 0 bridgehead atoms. The standard InChI is InChI=1S/C22H16F2N2O2/c23-16-11-9-14(10-12-16)20-19(22(27)28)21(15-5-4-6-17(24)13-15)26(25-20)18-7-2-1-3-8-18/h1-13,19,21H,(H,27,28). The van der Waals surface area contributed by atoms with E-state index in [9.17, 15) is 18.7 Å². The van der Waals surface area contributed by atoms with Crippen LogP contribution in [0.3, 0.4) is 0 Å². The maximum atomic E-state index is 13.9. The van der Waals surface area contributed by atoms with E-state index in [2.05, 4.69) is 5.10 Å². The van der Waals surface area contributed by atoms with Crippen LogP contribution in [0.2, 0.25) is 0 Å². The molecule has 0 amide bonds. The van der Waals surface area contributed by atoms with Gasteiger partial charge in [-0.25, -0.2) is 8.78 Å². The van der Waals surface area contributed by atoms with Crippen LogP contribution < -0.4 is 5.01 Å². The van der Waals surface area contributed by atoms with Crippen molar-refractivity contribution in [1.82, 2.24) is 0 Å². The Hall–Kier alpha value is -3.54. The highest BCUT2D eigenvalue weighted by Crippen LogP contribution is 2.41. The summed E-state index contributed by atoms with van der Waals surface area (Å²) in [6.45, 7) is 0. The molecule has 0 saturated carbocycles. The number of benzene rings is 3. The minimum Gasteiger partial charge on any atom is -0.481 e. The van der Waals surface area contributed by atoms with Crippen LogP contribution in [0.15, 0.2) is 84.0 Å². The maximum Gasteiger partial charge on any atom is 0.315 e. The van der Waals surface area contributed by atoms with E-state index in [1.165, 1.54) is 36.4 Å². The maximum absolute atomic E-state index is 13.9. The predicted molar refractivity (Wildman–Crippen MR) is 102 cm³/mol. The van der Waals surface area contributed by atoms with E-state index in [0.717, 1.165) is 0 Å². The first-order valence-corrected chi connectivity index (χ1v) is 8.71. The van der Waals surface area contributed by atoms with E-state index in [1.54, 1.807) is 17.1 Å². The van der Waals surface area contributed by atoms with Crippen molar-refractivity contribution < 1.29 is 18.7 Å². The Labute approximate surface area is 160 Å². The molecule has 4 rings (SSSR count). The molecule has 3 aromatic carbocycles. The summed E-state index contributed by atoms with van der Waals surface area (Å²) in [5.74, 6) is -3.01. The van der Waals surface area contributed by atoms with Crippen molar-refractivity contribution in [3.63, 3.8) is 0 Å². The topological polar surface area (TPSA) is 52.9 Å². The molecule has 2 unspecified atom stereocenters. The minimum atomic E-state index is -1.09. The number of para-hydroxylation sites is 1. The summed E-state index contributed by atoms with van der Waals surface area (Å²) in [5.41, 5.74) is 1.98. The Kier molecular flexibility index (Phi) is 4.61. The van der Waals surface area contributed by atoms with Gasteiger partial charge in [-0.15, -0.1) is 0 Å². The molecular weight excluding hydrogens is 362 g/mol. The van der Waals surface area contributed by atoms with Crippen molar-refractivity contribution in [1.29, 1.82) is 0 Å². The lowest BCUT2D eigenvalue weighted by Crippen LogP contribution is -2.31. The molecule has 1 heterocycles. The van der Waals surface area contributed by atoms with Crippen LogP contribution in [0, 0.1) is 17.6 Å². The average Bonchev–Trinajstić information content (AvgIpc) is 3.10. The van der Waals surface area contributed by atoms with Crippen molar-refractivity contribution in [2.24, 2.45) is 11.0 Å². The van der Waals surface area contributed by atoms with Gasteiger partial charge in [-0.05, 0) is 47.5 Å². The van der Waals surface area contributed by atoms with Crippen molar-refractivity contribution >= 4 is 17.4 Å². The number of carboxylic acids is 1. The van der Waals surface area contributed by atoms with Crippen LogP contribution in [-0.4, -0.2) is 16.8 Å². The molecule has 0 fully saturated rings. The summed E-state index contributed by atoms with van der Waals surface area (Å²) in [4.78, 5) is 12.2. The number of hydrogen-bond donors (Lipinski definition) is 1. The smallest absolute Gasteiger partial charge is 0.315 e. The Bertz CT molecular complexity index is 1040. The van der Waals surface area contributed by atoms with Gasteiger partial charge in [-0.1, -0.05) is 42.5 Å². The van der Waals surface area contributed by atoms with Gasteiger partial charge in [-0.3, -0.25) is 9.80 Å². The largest absolute Gasteiger partial charge is 0.481 e. The van der Waals surface area contributed by atoms with Gasteiger partial charge in [0.05, 0.1) is 17.4 Å². The SMILES string of the molecule is O=C(O)C1C(c2ccc(F)cc2)=NN(c2ccccc2)C1c1cccc(F)c1. The minimum absolute atomic E-state index is 0.297. The Morgan fingerprint density at radius 3 is 2.25 bits per heavy atom. The van der Waals surface area contributed by atoms with Crippen LogP contribution in [0.25, 0.3) is 0 Å². The number of nitrogens with zero attached hydrogens (tertiary/aromatic N) is 2. The fraction of sp³-hybridized carbons (Fsp3) is 0.0909. The number of halogens is 2. The van der Waals surface area contributed by atoms with E-state index in [-0.39, 0.29) is 0 Å². The van der Waals surface area contributed by atoms with Crippen molar-refractivity contribution in [3.05, 3.63) is 102 Å². The highest BCUT2D eigenvalue weighted by molar-refractivity contribution is 6.14. The summed E-state index contributed by atoms with van der Waals surface area (Å²) in [5, 5.41) is 16.2. The zero-order valence-electron chi connectivity index (χ0n) is 14.7. The molecule has 4 nitrogen and oxygen atoms in total. The molecule has 28 heavy (non-hydrogen) atoms. The van der Waals surface area contributed by atoms with Crippen molar-refractivity contribution in [3.8, 4) is 0 Å². The summed E-state index contributed by atoms with van der Waals surface area (Å²) < 4.78 is 27.2. The van der Waals surface area contributed by atoms with E-state index in [0.29, 0.717) is 22.5 Å². The third-order valence-electron chi connectivity index (χ3n) is 4.71. The predicted octanol–water partition coefficient (Wildman–Crippen LogP) is 4.63.